The van der Waals surface area contributed by atoms with Gasteiger partial charge in [0.15, 0.2) is 0 Å². The summed E-state index contributed by atoms with van der Waals surface area (Å²) >= 11 is 0. The van der Waals surface area contributed by atoms with Crippen molar-refractivity contribution in [2.24, 2.45) is 0 Å². The zero-order valence-corrected chi connectivity index (χ0v) is 11.3. The van der Waals surface area contributed by atoms with E-state index in [1.165, 1.54) is 0 Å². The summed E-state index contributed by atoms with van der Waals surface area (Å²) in [4.78, 5) is 8.64. The lowest BCUT2D eigenvalue weighted by Crippen LogP contribution is -1.93. The molecule has 0 atom stereocenters. The highest BCUT2D eigenvalue weighted by molar-refractivity contribution is 5.74. The van der Waals surface area contributed by atoms with Crippen molar-refractivity contribution in [3.05, 3.63) is 47.7 Å². The van der Waals surface area contributed by atoms with Crippen molar-refractivity contribution in [1.82, 2.24) is 15.1 Å². The first-order valence-corrected chi connectivity index (χ1v) is 6.27. The van der Waals surface area contributed by atoms with E-state index >= 15 is 0 Å². The number of pyridine rings is 1. The number of aromatic nitrogens is 3. The van der Waals surface area contributed by atoms with Gasteiger partial charge in [-0.1, -0.05) is 17.3 Å². The third-order valence-electron chi connectivity index (χ3n) is 3.09. The van der Waals surface area contributed by atoms with E-state index < -0.39 is 0 Å². The number of benzene rings is 1. The van der Waals surface area contributed by atoms with E-state index in [-0.39, 0.29) is 0 Å². The summed E-state index contributed by atoms with van der Waals surface area (Å²) in [6.07, 6.45) is 1.73. The summed E-state index contributed by atoms with van der Waals surface area (Å²) in [5.41, 5.74) is 10.2. The van der Waals surface area contributed by atoms with Gasteiger partial charge in [0.1, 0.15) is 5.69 Å². The van der Waals surface area contributed by atoms with Gasteiger partial charge in [-0.15, -0.1) is 0 Å². The SMILES string of the molecule is Cc1ccnc(-c2noc(-c3c(C)cccc3N)n2)c1. The van der Waals surface area contributed by atoms with Gasteiger partial charge in [0.2, 0.25) is 5.82 Å². The minimum Gasteiger partial charge on any atom is -0.398 e. The number of nitrogens with zero attached hydrogens (tertiary/aromatic N) is 3. The van der Waals surface area contributed by atoms with Crippen molar-refractivity contribution < 1.29 is 4.52 Å². The van der Waals surface area contributed by atoms with Crippen LogP contribution >= 0.6 is 0 Å². The molecule has 0 aliphatic carbocycles. The normalized spacial score (nSPS) is 10.7. The molecule has 3 rings (SSSR count). The first kappa shape index (κ1) is 12.3. The molecule has 5 heteroatoms. The van der Waals surface area contributed by atoms with E-state index in [0.717, 1.165) is 16.7 Å². The van der Waals surface area contributed by atoms with Gasteiger partial charge in [0, 0.05) is 11.9 Å². The Hall–Kier alpha value is -2.69. The second-order valence-corrected chi connectivity index (χ2v) is 4.68. The number of nitrogen functional groups attached to an aromatic ring is 1. The minimum atomic E-state index is 0.416. The molecule has 3 aromatic rings. The first-order valence-electron chi connectivity index (χ1n) is 6.27. The van der Waals surface area contributed by atoms with Crippen LogP contribution in [0.15, 0.2) is 41.1 Å². The maximum Gasteiger partial charge on any atom is 0.260 e. The summed E-state index contributed by atoms with van der Waals surface area (Å²) < 4.78 is 5.33. The van der Waals surface area contributed by atoms with E-state index in [9.17, 15) is 0 Å². The standard InChI is InChI=1S/C15H14N4O/c1-9-6-7-17-12(8-9)14-18-15(20-19-14)13-10(2)4-3-5-11(13)16/h3-8H,16H2,1-2H3. The predicted octanol–water partition coefficient (Wildman–Crippen LogP) is 3.00. The second-order valence-electron chi connectivity index (χ2n) is 4.68. The Morgan fingerprint density at radius 2 is 2.00 bits per heavy atom. The molecule has 0 fully saturated rings. The van der Waals surface area contributed by atoms with Crippen LogP contribution in [-0.2, 0) is 0 Å². The average molecular weight is 266 g/mol. The van der Waals surface area contributed by atoms with Crippen molar-refractivity contribution in [1.29, 1.82) is 0 Å². The molecule has 0 radical (unpaired) electrons. The lowest BCUT2D eigenvalue weighted by molar-refractivity contribution is 0.432. The van der Waals surface area contributed by atoms with Crippen LogP contribution in [-0.4, -0.2) is 15.1 Å². The summed E-state index contributed by atoms with van der Waals surface area (Å²) in [5.74, 6) is 0.880. The number of rotatable bonds is 2. The maximum atomic E-state index is 5.98. The molecule has 1 aromatic carbocycles. The maximum absolute atomic E-state index is 5.98. The summed E-state index contributed by atoms with van der Waals surface area (Å²) in [6.45, 7) is 3.95. The predicted molar refractivity (Wildman–Crippen MR) is 76.9 cm³/mol. The van der Waals surface area contributed by atoms with Gasteiger partial charge < -0.3 is 10.3 Å². The second kappa shape index (κ2) is 4.77. The Labute approximate surface area is 116 Å². The monoisotopic (exact) mass is 266 g/mol. The molecule has 0 aliphatic rings. The van der Waals surface area contributed by atoms with E-state index in [1.54, 1.807) is 6.20 Å². The third-order valence-corrected chi connectivity index (χ3v) is 3.09. The topological polar surface area (TPSA) is 77.8 Å². The highest BCUT2D eigenvalue weighted by Crippen LogP contribution is 2.29. The molecule has 2 aromatic heterocycles. The molecular formula is C15H14N4O. The van der Waals surface area contributed by atoms with E-state index in [2.05, 4.69) is 15.1 Å². The molecule has 2 N–H and O–H groups in total. The zero-order valence-electron chi connectivity index (χ0n) is 11.3. The Kier molecular flexibility index (Phi) is 2.95. The smallest absolute Gasteiger partial charge is 0.260 e. The Balaban J connectivity index is 2.07. The van der Waals surface area contributed by atoms with Crippen molar-refractivity contribution >= 4 is 5.69 Å². The number of hydrogen-bond acceptors (Lipinski definition) is 5. The molecule has 5 nitrogen and oxygen atoms in total. The summed E-state index contributed by atoms with van der Waals surface area (Å²) in [6, 6.07) is 9.50. The molecular weight excluding hydrogens is 252 g/mol. The largest absolute Gasteiger partial charge is 0.398 e. The lowest BCUT2D eigenvalue weighted by Gasteiger charge is -2.03. The molecule has 0 amide bonds. The lowest BCUT2D eigenvalue weighted by atomic mass is 10.1. The summed E-state index contributed by atoms with van der Waals surface area (Å²) in [5, 5.41) is 3.98. The van der Waals surface area contributed by atoms with Gasteiger partial charge in [-0.2, -0.15) is 4.98 Å². The molecule has 0 bridgehead atoms. The fourth-order valence-electron chi connectivity index (χ4n) is 2.07. The molecule has 2 heterocycles. The van der Waals surface area contributed by atoms with Gasteiger partial charge in [0.25, 0.3) is 5.89 Å². The van der Waals surface area contributed by atoms with Gasteiger partial charge in [-0.3, -0.25) is 4.98 Å². The fourth-order valence-corrected chi connectivity index (χ4v) is 2.07. The van der Waals surface area contributed by atoms with Crippen LogP contribution in [0.25, 0.3) is 23.0 Å². The van der Waals surface area contributed by atoms with E-state index in [0.29, 0.717) is 23.1 Å². The Morgan fingerprint density at radius 1 is 1.15 bits per heavy atom. The van der Waals surface area contributed by atoms with Crippen LogP contribution in [0.4, 0.5) is 5.69 Å². The number of anilines is 1. The molecule has 100 valence electrons. The molecule has 0 spiro atoms. The van der Waals surface area contributed by atoms with Gasteiger partial charge in [-0.25, -0.2) is 0 Å². The van der Waals surface area contributed by atoms with Crippen molar-refractivity contribution in [2.45, 2.75) is 13.8 Å². The first-order chi connectivity index (χ1) is 9.65. The molecule has 0 unspecified atom stereocenters. The molecule has 20 heavy (non-hydrogen) atoms. The van der Waals surface area contributed by atoms with Crippen molar-refractivity contribution in [2.75, 3.05) is 5.73 Å². The van der Waals surface area contributed by atoms with Crippen LogP contribution < -0.4 is 5.73 Å². The van der Waals surface area contributed by atoms with Crippen LogP contribution in [0.5, 0.6) is 0 Å². The fraction of sp³-hybridized carbons (Fsp3) is 0.133. The zero-order chi connectivity index (χ0) is 14.1. The average Bonchev–Trinajstić information content (AvgIpc) is 2.88. The third kappa shape index (κ3) is 2.14. The molecule has 0 aliphatic heterocycles. The van der Waals surface area contributed by atoms with Crippen molar-refractivity contribution in [3.63, 3.8) is 0 Å². The Morgan fingerprint density at radius 3 is 2.75 bits per heavy atom. The van der Waals surface area contributed by atoms with E-state index in [4.69, 9.17) is 10.3 Å². The van der Waals surface area contributed by atoms with Crippen LogP contribution in [0.2, 0.25) is 0 Å². The van der Waals surface area contributed by atoms with E-state index in [1.807, 2.05) is 44.2 Å². The number of aryl methyl sites for hydroxylation is 2. The molecule has 0 saturated carbocycles. The minimum absolute atomic E-state index is 0.416. The Bertz CT molecular complexity index is 744. The quantitative estimate of drug-likeness (QED) is 0.721. The van der Waals surface area contributed by atoms with Crippen LogP contribution in [0.1, 0.15) is 11.1 Å². The highest BCUT2D eigenvalue weighted by Gasteiger charge is 2.15. The highest BCUT2D eigenvalue weighted by atomic mass is 16.5. The van der Waals surface area contributed by atoms with Gasteiger partial charge >= 0.3 is 0 Å². The van der Waals surface area contributed by atoms with Gasteiger partial charge in [-0.05, 0) is 43.2 Å². The number of hydrogen-bond donors (Lipinski definition) is 1. The van der Waals surface area contributed by atoms with Crippen LogP contribution in [0.3, 0.4) is 0 Å². The summed E-state index contributed by atoms with van der Waals surface area (Å²) in [7, 11) is 0. The van der Waals surface area contributed by atoms with Crippen molar-refractivity contribution in [3.8, 4) is 23.0 Å². The number of nitrogens with two attached hydrogens (primary N) is 1. The van der Waals surface area contributed by atoms with Gasteiger partial charge in [0.05, 0.1) is 5.56 Å². The molecule has 0 saturated heterocycles. The van der Waals surface area contributed by atoms with Crippen LogP contribution in [0, 0.1) is 13.8 Å².